The second-order valence-electron chi connectivity index (χ2n) is 4.05. The summed E-state index contributed by atoms with van der Waals surface area (Å²) >= 11 is 0. The summed E-state index contributed by atoms with van der Waals surface area (Å²) in [4.78, 5) is 11.5. The topological polar surface area (TPSA) is 35.5 Å². The highest BCUT2D eigenvalue weighted by Gasteiger charge is 2.38. The Kier molecular flexibility index (Phi) is 4.55. The first-order chi connectivity index (χ1) is 6.72. The Bertz CT molecular complexity index is 179. The van der Waals surface area contributed by atoms with E-state index in [4.69, 9.17) is 9.47 Å². The van der Waals surface area contributed by atoms with E-state index in [-0.39, 0.29) is 5.60 Å². The molecule has 1 fully saturated rings. The molecule has 1 aliphatic carbocycles. The van der Waals surface area contributed by atoms with E-state index >= 15 is 0 Å². The minimum atomic E-state index is -0.107. The molecular weight excluding hydrogens is 180 g/mol. The molecule has 3 nitrogen and oxygen atoms in total. The Labute approximate surface area is 85.8 Å². The van der Waals surface area contributed by atoms with Crippen molar-refractivity contribution in [3.8, 4) is 0 Å². The molecule has 0 amide bonds. The van der Waals surface area contributed by atoms with E-state index in [1.54, 1.807) is 14.2 Å². The van der Waals surface area contributed by atoms with Crippen molar-refractivity contribution in [2.75, 3.05) is 20.8 Å². The lowest BCUT2D eigenvalue weighted by molar-refractivity contribution is -0.132. The number of hydrogen-bond donors (Lipinski definition) is 0. The van der Waals surface area contributed by atoms with E-state index in [0.717, 1.165) is 19.3 Å². The number of carbonyl (C=O) groups excluding carboxylic acids is 1. The summed E-state index contributed by atoms with van der Waals surface area (Å²) in [5.41, 5.74) is -0.107. The lowest BCUT2D eigenvalue weighted by Gasteiger charge is -2.40. The second kappa shape index (κ2) is 5.47. The minimum Gasteiger partial charge on any atom is -0.385 e. The van der Waals surface area contributed by atoms with Crippen molar-refractivity contribution in [2.24, 2.45) is 0 Å². The molecule has 1 aliphatic rings. The lowest BCUT2D eigenvalue weighted by atomic mass is 9.76. The van der Waals surface area contributed by atoms with Gasteiger partial charge >= 0.3 is 0 Å². The zero-order chi connectivity index (χ0) is 10.4. The summed E-state index contributed by atoms with van der Waals surface area (Å²) in [5, 5.41) is 0. The van der Waals surface area contributed by atoms with Crippen LogP contribution in [0.1, 0.15) is 38.5 Å². The number of ketones is 1. The van der Waals surface area contributed by atoms with Crippen molar-refractivity contribution in [3.63, 3.8) is 0 Å². The van der Waals surface area contributed by atoms with Crippen molar-refractivity contribution in [3.05, 3.63) is 0 Å². The fourth-order valence-corrected chi connectivity index (χ4v) is 1.89. The van der Waals surface area contributed by atoms with Crippen LogP contribution < -0.4 is 0 Å². The highest BCUT2D eigenvalue weighted by atomic mass is 16.5. The summed E-state index contributed by atoms with van der Waals surface area (Å²) < 4.78 is 10.3. The van der Waals surface area contributed by atoms with Crippen LogP contribution in [0.5, 0.6) is 0 Å². The summed E-state index contributed by atoms with van der Waals surface area (Å²) in [6.45, 7) is 0.672. The third kappa shape index (κ3) is 3.07. The molecule has 0 aliphatic heterocycles. The van der Waals surface area contributed by atoms with Crippen LogP contribution in [-0.4, -0.2) is 32.2 Å². The molecule has 82 valence electrons. The van der Waals surface area contributed by atoms with Gasteiger partial charge in [0.05, 0.1) is 5.60 Å². The van der Waals surface area contributed by atoms with E-state index in [1.165, 1.54) is 6.42 Å². The third-order valence-corrected chi connectivity index (χ3v) is 3.02. The van der Waals surface area contributed by atoms with Gasteiger partial charge < -0.3 is 9.47 Å². The van der Waals surface area contributed by atoms with Crippen LogP contribution in [0.2, 0.25) is 0 Å². The summed E-state index contributed by atoms with van der Waals surface area (Å²) in [5.74, 6) is 0.309. The molecule has 1 saturated carbocycles. The molecule has 0 bridgehead atoms. The van der Waals surface area contributed by atoms with Crippen LogP contribution in [0.15, 0.2) is 0 Å². The average Bonchev–Trinajstić information content (AvgIpc) is 2.12. The number of ether oxygens (including phenoxy) is 2. The van der Waals surface area contributed by atoms with Gasteiger partial charge in [-0.15, -0.1) is 0 Å². The molecule has 0 aromatic heterocycles. The third-order valence-electron chi connectivity index (χ3n) is 3.02. The quantitative estimate of drug-likeness (QED) is 0.589. The maximum absolute atomic E-state index is 11.5. The fourth-order valence-electron chi connectivity index (χ4n) is 1.89. The van der Waals surface area contributed by atoms with Crippen LogP contribution in [-0.2, 0) is 14.3 Å². The van der Waals surface area contributed by atoms with Crippen molar-refractivity contribution < 1.29 is 14.3 Å². The largest absolute Gasteiger partial charge is 0.385 e. The molecule has 0 aromatic rings. The standard InChI is InChI=1S/C11H20O3/c1-13-8-3-5-10(12)9-11(14-2)6-4-7-11/h3-9H2,1-2H3. The number of Topliss-reactive ketones (excluding diaryl/α,β-unsaturated/α-hetero) is 1. The lowest BCUT2D eigenvalue weighted by Crippen LogP contribution is -2.41. The van der Waals surface area contributed by atoms with Gasteiger partial charge in [0.25, 0.3) is 0 Å². The molecule has 1 rings (SSSR count). The van der Waals surface area contributed by atoms with Gasteiger partial charge in [-0.25, -0.2) is 0 Å². The Morgan fingerprint density at radius 3 is 2.50 bits per heavy atom. The molecule has 0 radical (unpaired) electrons. The average molecular weight is 200 g/mol. The molecule has 0 atom stereocenters. The molecule has 0 unspecified atom stereocenters. The first kappa shape index (κ1) is 11.7. The van der Waals surface area contributed by atoms with Gasteiger partial charge in [0, 0.05) is 33.7 Å². The second-order valence-corrected chi connectivity index (χ2v) is 4.05. The Morgan fingerprint density at radius 1 is 1.36 bits per heavy atom. The van der Waals surface area contributed by atoms with Gasteiger partial charge in [0.2, 0.25) is 0 Å². The number of rotatable bonds is 7. The molecule has 0 aromatic carbocycles. The number of carbonyl (C=O) groups is 1. The zero-order valence-electron chi connectivity index (χ0n) is 9.17. The minimum absolute atomic E-state index is 0.107. The molecule has 0 saturated heterocycles. The summed E-state index contributed by atoms with van der Waals surface area (Å²) in [6.07, 6.45) is 5.32. The van der Waals surface area contributed by atoms with Crippen LogP contribution in [0, 0.1) is 0 Å². The van der Waals surface area contributed by atoms with Crippen molar-refractivity contribution in [1.82, 2.24) is 0 Å². The molecule has 0 heterocycles. The summed E-state index contributed by atoms with van der Waals surface area (Å²) in [7, 11) is 3.37. The van der Waals surface area contributed by atoms with Gasteiger partial charge in [-0.2, -0.15) is 0 Å². The van der Waals surface area contributed by atoms with Gasteiger partial charge in [-0.3, -0.25) is 4.79 Å². The van der Waals surface area contributed by atoms with E-state index < -0.39 is 0 Å². The highest BCUT2D eigenvalue weighted by molar-refractivity contribution is 5.79. The van der Waals surface area contributed by atoms with Crippen molar-refractivity contribution in [1.29, 1.82) is 0 Å². The van der Waals surface area contributed by atoms with Gasteiger partial charge in [0.1, 0.15) is 5.78 Å². The van der Waals surface area contributed by atoms with Crippen LogP contribution in [0.3, 0.4) is 0 Å². The predicted octanol–water partition coefficient (Wildman–Crippen LogP) is 1.94. The zero-order valence-corrected chi connectivity index (χ0v) is 9.17. The van der Waals surface area contributed by atoms with E-state index in [9.17, 15) is 4.79 Å². The highest BCUT2D eigenvalue weighted by Crippen LogP contribution is 2.38. The Balaban J connectivity index is 2.18. The van der Waals surface area contributed by atoms with Crippen LogP contribution >= 0.6 is 0 Å². The fraction of sp³-hybridized carbons (Fsp3) is 0.909. The van der Waals surface area contributed by atoms with Gasteiger partial charge in [-0.1, -0.05) is 0 Å². The van der Waals surface area contributed by atoms with E-state index in [1.807, 2.05) is 0 Å². The first-order valence-corrected chi connectivity index (χ1v) is 5.28. The van der Waals surface area contributed by atoms with Gasteiger partial charge in [0.15, 0.2) is 0 Å². The number of hydrogen-bond acceptors (Lipinski definition) is 3. The monoisotopic (exact) mass is 200 g/mol. The van der Waals surface area contributed by atoms with Crippen LogP contribution in [0.25, 0.3) is 0 Å². The molecule has 0 N–H and O–H groups in total. The van der Waals surface area contributed by atoms with E-state index in [2.05, 4.69) is 0 Å². The number of methoxy groups -OCH3 is 2. The predicted molar refractivity (Wildman–Crippen MR) is 54.3 cm³/mol. The normalized spacial score (nSPS) is 19.0. The smallest absolute Gasteiger partial charge is 0.135 e. The molecule has 14 heavy (non-hydrogen) atoms. The van der Waals surface area contributed by atoms with Gasteiger partial charge in [-0.05, 0) is 25.7 Å². The van der Waals surface area contributed by atoms with E-state index in [0.29, 0.717) is 25.2 Å². The van der Waals surface area contributed by atoms with Crippen LogP contribution in [0.4, 0.5) is 0 Å². The Morgan fingerprint density at radius 2 is 2.07 bits per heavy atom. The molecule has 0 spiro atoms. The van der Waals surface area contributed by atoms with Crippen molar-refractivity contribution in [2.45, 2.75) is 44.1 Å². The summed E-state index contributed by atoms with van der Waals surface area (Å²) in [6, 6.07) is 0. The van der Waals surface area contributed by atoms with Crippen molar-refractivity contribution >= 4 is 5.78 Å². The maximum Gasteiger partial charge on any atom is 0.135 e. The SMILES string of the molecule is COCCCC(=O)CC1(OC)CCC1. The molecular formula is C11H20O3. The first-order valence-electron chi connectivity index (χ1n) is 5.28. The Hall–Kier alpha value is -0.410. The molecule has 3 heteroatoms. The maximum atomic E-state index is 11.5.